The minimum atomic E-state index is -0.188. The Kier molecular flexibility index (Phi) is 5.89. The van der Waals surface area contributed by atoms with Crippen LogP contribution in [0.3, 0.4) is 0 Å². The van der Waals surface area contributed by atoms with Crippen LogP contribution in [0.5, 0.6) is 11.8 Å². The number of rotatable bonds is 6. The first-order valence-corrected chi connectivity index (χ1v) is 10.8. The molecule has 6 nitrogen and oxygen atoms in total. The van der Waals surface area contributed by atoms with E-state index in [9.17, 15) is 4.39 Å². The van der Waals surface area contributed by atoms with E-state index in [0.29, 0.717) is 11.8 Å². The lowest BCUT2D eigenvalue weighted by Crippen LogP contribution is -2.47. The Labute approximate surface area is 186 Å². The van der Waals surface area contributed by atoms with Gasteiger partial charge >= 0.3 is 0 Å². The number of fused-ring (bicyclic) bond motifs is 1. The summed E-state index contributed by atoms with van der Waals surface area (Å²) in [4.78, 5) is 17.8. The monoisotopic (exact) mass is 429 g/mol. The molecule has 5 rings (SSSR count). The zero-order valence-corrected chi connectivity index (χ0v) is 17.7. The molecular weight excluding hydrogens is 405 g/mol. The van der Waals surface area contributed by atoms with Crippen molar-refractivity contribution in [3.8, 4) is 11.8 Å². The predicted octanol–water partition coefficient (Wildman–Crippen LogP) is 4.32. The summed E-state index contributed by atoms with van der Waals surface area (Å²) in [5, 5.41) is 2.14. The molecule has 0 N–H and O–H groups in total. The van der Waals surface area contributed by atoms with E-state index in [1.807, 2.05) is 48.5 Å². The Bertz CT molecular complexity index is 1190. The van der Waals surface area contributed by atoms with E-state index < -0.39 is 0 Å². The summed E-state index contributed by atoms with van der Waals surface area (Å²) in [5.41, 5.74) is 1.16. The van der Waals surface area contributed by atoms with Gasteiger partial charge in [0.2, 0.25) is 11.8 Å². The van der Waals surface area contributed by atoms with E-state index >= 15 is 0 Å². The molecule has 32 heavy (non-hydrogen) atoms. The molecule has 3 heterocycles. The molecule has 1 aliphatic rings. The van der Waals surface area contributed by atoms with Crippen molar-refractivity contribution in [3.63, 3.8) is 0 Å². The highest BCUT2D eigenvalue weighted by atomic mass is 19.1. The van der Waals surface area contributed by atoms with E-state index in [1.165, 1.54) is 18.5 Å². The van der Waals surface area contributed by atoms with Gasteiger partial charge < -0.3 is 9.64 Å². The van der Waals surface area contributed by atoms with Crippen molar-refractivity contribution in [3.05, 3.63) is 84.6 Å². The molecule has 1 saturated heterocycles. The van der Waals surface area contributed by atoms with Crippen LogP contribution >= 0.6 is 0 Å². The van der Waals surface area contributed by atoms with Crippen LogP contribution in [0, 0.1) is 5.82 Å². The first-order valence-electron chi connectivity index (χ1n) is 10.8. The van der Waals surface area contributed by atoms with Crippen molar-refractivity contribution in [2.24, 2.45) is 0 Å². The lowest BCUT2D eigenvalue weighted by molar-refractivity contribution is 0.260. The topological polar surface area (TPSA) is 54.4 Å². The standard InChI is InChI=1S/C25H24FN5O/c26-22-7-5-19(6-8-22)9-10-30-11-13-31(14-12-30)23-16-25(29-18-28-23)32-24-15-20-3-1-2-4-21(20)17-27-24/h1-8,15-18H,9-14H2. The molecule has 0 unspecified atom stereocenters. The molecule has 0 radical (unpaired) electrons. The third-order valence-electron chi connectivity index (χ3n) is 5.77. The highest BCUT2D eigenvalue weighted by Gasteiger charge is 2.18. The zero-order valence-electron chi connectivity index (χ0n) is 17.7. The number of piperazine rings is 1. The number of nitrogens with zero attached hydrogens (tertiary/aromatic N) is 5. The molecule has 1 fully saturated rings. The maximum atomic E-state index is 13.1. The van der Waals surface area contributed by atoms with Crippen molar-refractivity contribution in [2.45, 2.75) is 6.42 Å². The highest BCUT2D eigenvalue weighted by Crippen LogP contribution is 2.24. The van der Waals surface area contributed by atoms with E-state index in [1.54, 1.807) is 6.20 Å². The van der Waals surface area contributed by atoms with Gasteiger partial charge in [-0.25, -0.2) is 19.3 Å². The number of ether oxygens (including phenoxy) is 1. The Hall–Kier alpha value is -3.58. The second-order valence-corrected chi connectivity index (χ2v) is 7.89. The van der Waals surface area contributed by atoms with Crippen LogP contribution in [0.4, 0.5) is 10.2 Å². The second kappa shape index (κ2) is 9.28. The number of anilines is 1. The zero-order chi connectivity index (χ0) is 21.8. The van der Waals surface area contributed by atoms with Crippen molar-refractivity contribution < 1.29 is 9.13 Å². The third-order valence-corrected chi connectivity index (χ3v) is 5.77. The van der Waals surface area contributed by atoms with Crippen LogP contribution in [0.25, 0.3) is 10.8 Å². The Morgan fingerprint density at radius 2 is 1.56 bits per heavy atom. The molecule has 0 bridgehead atoms. The van der Waals surface area contributed by atoms with Crippen molar-refractivity contribution >= 4 is 16.6 Å². The highest BCUT2D eigenvalue weighted by molar-refractivity contribution is 5.82. The van der Waals surface area contributed by atoms with Gasteiger partial charge in [-0.3, -0.25) is 4.90 Å². The van der Waals surface area contributed by atoms with E-state index in [2.05, 4.69) is 24.8 Å². The van der Waals surface area contributed by atoms with Crippen molar-refractivity contribution in [1.82, 2.24) is 19.9 Å². The molecule has 0 amide bonds. The number of pyridine rings is 1. The van der Waals surface area contributed by atoms with Crippen LogP contribution in [-0.4, -0.2) is 52.6 Å². The van der Waals surface area contributed by atoms with E-state index in [4.69, 9.17) is 4.74 Å². The quantitative estimate of drug-likeness (QED) is 0.455. The molecule has 2 aromatic carbocycles. The van der Waals surface area contributed by atoms with E-state index in [0.717, 1.165) is 61.3 Å². The average Bonchev–Trinajstić information content (AvgIpc) is 2.84. The summed E-state index contributed by atoms with van der Waals surface area (Å²) in [6.45, 7) is 4.63. The minimum Gasteiger partial charge on any atom is -0.420 e. The molecule has 0 atom stereocenters. The summed E-state index contributed by atoms with van der Waals surface area (Å²) in [5.74, 6) is 1.66. The smallest absolute Gasteiger partial charge is 0.226 e. The predicted molar refractivity (Wildman–Crippen MR) is 123 cm³/mol. The number of aromatic nitrogens is 3. The van der Waals surface area contributed by atoms with Crippen LogP contribution in [0.2, 0.25) is 0 Å². The van der Waals surface area contributed by atoms with Crippen LogP contribution in [-0.2, 0) is 6.42 Å². The van der Waals surface area contributed by atoms with Gasteiger partial charge in [0, 0.05) is 56.4 Å². The number of hydrogen-bond donors (Lipinski definition) is 0. The molecule has 4 aromatic rings. The maximum absolute atomic E-state index is 13.1. The molecule has 2 aromatic heterocycles. The first kappa shape index (κ1) is 20.3. The number of halogens is 1. The SMILES string of the molecule is Fc1ccc(CCN2CCN(c3cc(Oc4cc5ccccc5cn4)ncn3)CC2)cc1. The average molecular weight is 429 g/mol. The first-order chi connectivity index (χ1) is 15.7. The number of benzene rings is 2. The van der Waals surface area contributed by atoms with Gasteiger partial charge in [-0.2, -0.15) is 0 Å². The Morgan fingerprint density at radius 1 is 0.812 bits per heavy atom. The van der Waals surface area contributed by atoms with Gasteiger partial charge in [-0.1, -0.05) is 36.4 Å². The normalized spacial score (nSPS) is 14.6. The molecule has 1 aliphatic heterocycles. The Morgan fingerprint density at radius 3 is 2.38 bits per heavy atom. The molecule has 162 valence electrons. The maximum Gasteiger partial charge on any atom is 0.226 e. The number of hydrogen-bond acceptors (Lipinski definition) is 6. The summed E-state index contributed by atoms with van der Waals surface area (Å²) < 4.78 is 19.0. The molecule has 0 aliphatic carbocycles. The molecule has 7 heteroatoms. The minimum absolute atomic E-state index is 0.188. The van der Waals surface area contributed by atoms with Gasteiger partial charge in [0.15, 0.2) is 0 Å². The van der Waals surface area contributed by atoms with Gasteiger partial charge in [0.1, 0.15) is 18.0 Å². The van der Waals surface area contributed by atoms with Crippen molar-refractivity contribution in [1.29, 1.82) is 0 Å². The van der Waals surface area contributed by atoms with Gasteiger partial charge in [0.05, 0.1) is 0 Å². The third kappa shape index (κ3) is 4.84. The van der Waals surface area contributed by atoms with Crippen LogP contribution < -0.4 is 9.64 Å². The summed E-state index contributed by atoms with van der Waals surface area (Å²) >= 11 is 0. The lowest BCUT2D eigenvalue weighted by Gasteiger charge is -2.35. The lowest BCUT2D eigenvalue weighted by atomic mass is 10.1. The van der Waals surface area contributed by atoms with Crippen molar-refractivity contribution in [2.75, 3.05) is 37.6 Å². The summed E-state index contributed by atoms with van der Waals surface area (Å²) in [6, 6.07) is 18.6. The molecular formula is C25H24FN5O. The van der Waals surface area contributed by atoms with Gasteiger partial charge in [-0.05, 0) is 29.5 Å². The van der Waals surface area contributed by atoms with Gasteiger partial charge in [-0.15, -0.1) is 0 Å². The fourth-order valence-electron chi connectivity index (χ4n) is 3.92. The fraction of sp³-hybridized carbons (Fsp3) is 0.240. The Balaban J connectivity index is 1.18. The van der Waals surface area contributed by atoms with Crippen LogP contribution in [0.15, 0.2) is 73.2 Å². The van der Waals surface area contributed by atoms with Gasteiger partial charge in [0.25, 0.3) is 0 Å². The summed E-state index contributed by atoms with van der Waals surface area (Å²) in [6.07, 6.45) is 4.26. The molecule has 0 saturated carbocycles. The second-order valence-electron chi connectivity index (χ2n) is 7.89. The largest absolute Gasteiger partial charge is 0.420 e. The van der Waals surface area contributed by atoms with Crippen LogP contribution in [0.1, 0.15) is 5.56 Å². The summed E-state index contributed by atoms with van der Waals surface area (Å²) in [7, 11) is 0. The fourth-order valence-corrected chi connectivity index (χ4v) is 3.92. The molecule has 0 spiro atoms. The van der Waals surface area contributed by atoms with E-state index in [-0.39, 0.29) is 5.82 Å².